The number of phenolic OH excluding ortho intramolecular Hbond substituents is 1. The normalized spacial score (nSPS) is 10.1. The topological polar surface area (TPSA) is 20.2 Å². The SMILES string of the molecule is Cc1ccccc1-c1[c]cc(O)cc1. The van der Waals surface area contributed by atoms with Crippen molar-refractivity contribution in [2.24, 2.45) is 0 Å². The highest BCUT2D eigenvalue weighted by atomic mass is 16.3. The van der Waals surface area contributed by atoms with Crippen molar-refractivity contribution in [3.63, 3.8) is 0 Å². The van der Waals surface area contributed by atoms with Gasteiger partial charge in [-0.3, -0.25) is 0 Å². The molecule has 0 aromatic heterocycles. The Balaban J connectivity index is 2.50. The molecular weight excluding hydrogens is 172 g/mol. The number of hydrogen-bond donors (Lipinski definition) is 1. The minimum absolute atomic E-state index is 0.252. The van der Waals surface area contributed by atoms with Gasteiger partial charge in [0.05, 0.1) is 0 Å². The van der Waals surface area contributed by atoms with Crippen molar-refractivity contribution in [3.05, 3.63) is 54.1 Å². The van der Waals surface area contributed by atoms with E-state index < -0.39 is 0 Å². The largest absolute Gasteiger partial charge is 0.508 e. The number of aryl methyl sites for hydroxylation is 1. The van der Waals surface area contributed by atoms with E-state index in [9.17, 15) is 0 Å². The third-order valence-corrected chi connectivity index (χ3v) is 2.23. The van der Waals surface area contributed by atoms with Crippen LogP contribution >= 0.6 is 0 Å². The molecule has 0 spiro atoms. The maximum atomic E-state index is 9.14. The van der Waals surface area contributed by atoms with E-state index in [1.165, 1.54) is 5.56 Å². The Labute approximate surface area is 83.6 Å². The van der Waals surface area contributed by atoms with Crippen molar-refractivity contribution in [1.29, 1.82) is 0 Å². The Morgan fingerprint density at radius 3 is 2.50 bits per heavy atom. The second kappa shape index (κ2) is 3.54. The minimum Gasteiger partial charge on any atom is -0.508 e. The Bertz CT molecular complexity index is 429. The second-order valence-corrected chi connectivity index (χ2v) is 3.28. The molecule has 2 aromatic carbocycles. The van der Waals surface area contributed by atoms with E-state index >= 15 is 0 Å². The first-order chi connectivity index (χ1) is 6.77. The van der Waals surface area contributed by atoms with Crippen LogP contribution in [0, 0.1) is 13.0 Å². The second-order valence-electron chi connectivity index (χ2n) is 3.28. The highest BCUT2D eigenvalue weighted by Crippen LogP contribution is 2.23. The van der Waals surface area contributed by atoms with Gasteiger partial charge in [0, 0.05) is 0 Å². The number of phenols is 1. The van der Waals surface area contributed by atoms with E-state index in [1.807, 2.05) is 18.2 Å². The predicted octanol–water partition coefficient (Wildman–Crippen LogP) is 3.17. The molecule has 69 valence electrons. The van der Waals surface area contributed by atoms with Gasteiger partial charge in [-0.05, 0) is 41.8 Å². The number of hydrogen-bond acceptors (Lipinski definition) is 1. The Hall–Kier alpha value is -1.76. The predicted molar refractivity (Wildman–Crippen MR) is 57.1 cm³/mol. The molecule has 0 heterocycles. The molecule has 0 fully saturated rings. The fourth-order valence-electron chi connectivity index (χ4n) is 1.46. The van der Waals surface area contributed by atoms with Crippen molar-refractivity contribution < 1.29 is 5.11 Å². The Morgan fingerprint density at radius 2 is 1.86 bits per heavy atom. The third-order valence-electron chi connectivity index (χ3n) is 2.23. The van der Waals surface area contributed by atoms with E-state index in [1.54, 1.807) is 12.1 Å². The van der Waals surface area contributed by atoms with Crippen LogP contribution in [0.3, 0.4) is 0 Å². The molecule has 0 aliphatic carbocycles. The van der Waals surface area contributed by atoms with Crippen LogP contribution in [0.2, 0.25) is 0 Å². The molecule has 0 saturated carbocycles. The molecule has 0 saturated heterocycles. The highest BCUT2D eigenvalue weighted by Gasteiger charge is 2.00. The first-order valence-corrected chi connectivity index (χ1v) is 4.54. The van der Waals surface area contributed by atoms with Crippen molar-refractivity contribution in [2.75, 3.05) is 0 Å². The van der Waals surface area contributed by atoms with E-state index in [-0.39, 0.29) is 5.75 Å². The van der Waals surface area contributed by atoms with Crippen LogP contribution in [-0.4, -0.2) is 5.11 Å². The summed E-state index contributed by atoms with van der Waals surface area (Å²) in [5.41, 5.74) is 3.39. The van der Waals surface area contributed by atoms with Crippen LogP contribution in [0.5, 0.6) is 5.75 Å². The average molecular weight is 183 g/mol. The molecule has 0 unspecified atom stereocenters. The monoisotopic (exact) mass is 183 g/mol. The van der Waals surface area contributed by atoms with Gasteiger partial charge in [0.2, 0.25) is 0 Å². The molecule has 14 heavy (non-hydrogen) atoms. The minimum atomic E-state index is 0.252. The number of benzene rings is 2. The first kappa shape index (κ1) is 8.82. The summed E-state index contributed by atoms with van der Waals surface area (Å²) in [5.74, 6) is 0.252. The lowest BCUT2D eigenvalue weighted by Gasteiger charge is -2.04. The van der Waals surface area contributed by atoms with E-state index in [4.69, 9.17) is 5.11 Å². The van der Waals surface area contributed by atoms with Crippen LogP contribution in [0.1, 0.15) is 5.56 Å². The lowest BCUT2D eigenvalue weighted by Crippen LogP contribution is -1.81. The Morgan fingerprint density at radius 1 is 1.07 bits per heavy atom. The summed E-state index contributed by atoms with van der Waals surface area (Å²) in [6.45, 7) is 2.07. The molecule has 0 aliphatic rings. The smallest absolute Gasteiger partial charge is 0.116 e. The van der Waals surface area contributed by atoms with Gasteiger partial charge in [0.1, 0.15) is 5.75 Å². The molecule has 2 aromatic rings. The fourth-order valence-corrected chi connectivity index (χ4v) is 1.46. The standard InChI is InChI=1S/C13H11O/c1-10-4-2-3-5-13(10)11-6-8-12(14)9-7-11/h2-6,8-9,14H,1H3. The van der Waals surface area contributed by atoms with Crippen LogP contribution in [0.4, 0.5) is 0 Å². The van der Waals surface area contributed by atoms with Crippen LogP contribution in [0.15, 0.2) is 42.5 Å². The maximum Gasteiger partial charge on any atom is 0.116 e. The zero-order valence-electron chi connectivity index (χ0n) is 7.99. The van der Waals surface area contributed by atoms with E-state index in [2.05, 4.69) is 25.1 Å². The molecule has 1 N–H and O–H groups in total. The van der Waals surface area contributed by atoms with E-state index in [0.29, 0.717) is 0 Å². The van der Waals surface area contributed by atoms with Crippen LogP contribution in [0.25, 0.3) is 11.1 Å². The summed E-state index contributed by atoms with van der Waals surface area (Å²) >= 11 is 0. The Kier molecular flexibility index (Phi) is 2.23. The average Bonchev–Trinajstić information content (AvgIpc) is 2.20. The van der Waals surface area contributed by atoms with Gasteiger partial charge >= 0.3 is 0 Å². The van der Waals surface area contributed by atoms with Crippen molar-refractivity contribution in [3.8, 4) is 16.9 Å². The summed E-state index contributed by atoms with van der Waals surface area (Å²) in [5, 5.41) is 9.14. The van der Waals surface area contributed by atoms with Crippen LogP contribution < -0.4 is 0 Å². The quantitative estimate of drug-likeness (QED) is 0.720. The molecule has 0 amide bonds. The molecule has 1 heteroatoms. The van der Waals surface area contributed by atoms with Gasteiger partial charge in [-0.15, -0.1) is 0 Å². The molecule has 1 nitrogen and oxygen atoms in total. The van der Waals surface area contributed by atoms with E-state index in [0.717, 1.165) is 11.1 Å². The van der Waals surface area contributed by atoms with Crippen molar-refractivity contribution >= 4 is 0 Å². The van der Waals surface area contributed by atoms with Gasteiger partial charge in [-0.25, -0.2) is 0 Å². The van der Waals surface area contributed by atoms with Crippen molar-refractivity contribution in [2.45, 2.75) is 6.92 Å². The fraction of sp³-hybridized carbons (Fsp3) is 0.0769. The third kappa shape index (κ3) is 1.62. The maximum absolute atomic E-state index is 9.14. The number of rotatable bonds is 1. The van der Waals surface area contributed by atoms with Crippen molar-refractivity contribution in [1.82, 2.24) is 0 Å². The lowest BCUT2D eigenvalue weighted by molar-refractivity contribution is 0.475. The highest BCUT2D eigenvalue weighted by molar-refractivity contribution is 5.66. The summed E-state index contributed by atoms with van der Waals surface area (Å²) in [4.78, 5) is 0. The summed E-state index contributed by atoms with van der Waals surface area (Å²) in [6, 6.07) is 16.3. The zero-order valence-corrected chi connectivity index (χ0v) is 7.99. The number of aromatic hydroxyl groups is 1. The summed E-state index contributed by atoms with van der Waals surface area (Å²) in [7, 11) is 0. The lowest BCUT2D eigenvalue weighted by atomic mass is 10.0. The summed E-state index contributed by atoms with van der Waals surface area (Å²) < 4.78 is 0. The first-order valence-electron chi connectivity index (χ1n) is 4.54. The van der Waals surface area contributed by atoms with Crippen LogP contribution in [-0.2, 0) is 0 Å². The molecule has 0 aliphatic heterocycles. The van der Waals surface area contributed by atoms with Gasteiger partial charge in [0.15, 0.2) is 0 Å². The van der Waals surface area contributed by atoms with Gasteiger partial charge in [-0.1, -0.05) is 30.3 Å². The molecule has 0 bridgehead atoms. The summed E-state index contributed by atoms with van der Waals surface area (Å²) in [6.07, 6.45) is 0. The molecule has 2 rings (SSSR count). The molecule has 1 radical (unpaired) electrons. The van der Waals surface area contributed by atoms with Gasteiger partial charge < -0.3 is 5.11 Å². The van der Waals surface area contributed by atoms with Gasteiger partial charge in [-0.2, -0.15) is 0 Å². The molecule has 0 atom stereocenters. The van der Waals surface area contributed by atoms with Gasteiger partial charge in [0.25, 0.3) is 0 Å². The molecular formula is C13H11O. The zero-order chi connectivity index (χ0) is 9.97.